The van der Waals surface area contributed by atoms with Crippen molar-refractivity contribution in [2.24, 2.45) is 0 Å². The smallest absolute Gasteiger partial charge is 0.376 e. The van der Waals surface area contributed by atoms with Crippen LogP contribution in [0.1, 0.15) is 12.0 Å². The minimum absolute atomic E-state index is 0.162. The maximum atomic E-state index is 9.77. The number of nitrogens with zero attached hydrogens (tertiary/aromatic N) is 1. The Hall–Kier alpha value is -0.875. The largest absolute Gasteiger partial charge is 0.437 e. The second-order valence-electron chi connectivity index (χ2n) is 5.09. The van der Waals surface area contributed by atoms with E-state index in [4.69, 9.17) is 9.47 Å². The Morgan fingerprint density at radius 1 is 1.37 bits per heavy atom. The van der Waals surface area contributed by atoms with Gasteiger partial charge in [0.1, 0.15) is 0 Å². The first-order chi connectivity index (χ1) is 9.20. The highest BCUT2D eigenvalue weighted by Gasteiger charge is 2.36. The molecule has 19 heavy (non-hydrogen) atoms. The Morgan fingerprint density at radius 3 is 2.74 bits per heavy atom. The van der Waals surface area contributed by atoms with Crippen LogP contribution in [0.5, 0.6) is 0 Å². The van der Waals surface area contributed by atoms with Crippen molar-refractivity contribution in [2.75, 3.05) is 20.3 Å². The van der Waals surface area contributed by atoms with Crippen molar-refractivity contribution in [3.8, 4) is 0 Å². The van der Waals surface area contributed by atoms with Gasteiger partial charge in [-0.05, 0) is 18.8 Å². The summed E-state index contributed by atoms with van der Waals surface area (Å²) in [5.74, 6) is 0. The molecule has 4 nitrogen and oxygen atoms in total. The molecule has 1 aliphatic heterocycles. The maximum Gasteiger partial charge on any atom is 0.376 e. The molecule has 0 saturated carbocycles. The minimum atomic E-state index is -0.453. The third-order valence-corrected chi connectivity index (χ3v) is 3.59. The second-order valence-corrected chi connectivity index (χ2v) is 5.09. The summed E-state index contributed by atoms with van der Waals surface area (Å²) >= 11 is 0. The molecule has 0 aliphatic carbocycles. The molecule has 0 aromatic heterocycles. The van der Waals surface area contributed by atoms with Crippen LogP contribution in [0.3, 0.4) is 0 Å². The zero-order chi connectivity index (χ0) is 13.7. The van der Waals surface area contributed by atoms with Crippen LogP contribution >= 0.6 is 0 Å². The fourth-order valence-electron chi connectivity index (χ4n) is 2.62. The van der Waals surface area contributed by atoms with Gasteiger partial charge in [-0.1, -0.05) is 30.3 Å². The number of hydrogen-bond donors (Lipinski definition) is 1. The molecule has 0 radical (unpaired) electrons. The fraction of sp³-hybridized carbons (Fsp3) is 0.571. The molecule has 1 aromatic rings. The average Bonchev–Trinajstić information content (AvgIpc) is 2.81. The highest BCUT2D eigenvalue weighted by Crippen LogP contribution is 2.22. The summed E-state index contributed by atoms with van der Waals surface area (Å²) in [6, 6.07) is 10.4. The van der Waals surface area contributed by atoms with Crippen molar-refractivity contribution in [3.63, 3.8) is 0 Å². The first-order valence-corrected chi connectivity index (χ1v) is 6.79. The molecule has 0 bridgehead atoms. The molecule has 2 rings (SSSR count). The minimum Gasteiger partial charge on any atom is -0.437 e. The lowest BCUT2D eigenvalue weighted by atomic mass is 9.84. The van der Waals surface area contributed by atoms with E-state index in [1.807, 2.05) is 23.0 Å². The van der Waals surface area contributed by atoms with Crippen LogP contribution in [0.25, 0.3) is 0 Å². The van der Waals surface area contributed by atoms with Gasteiger partial charge < -0.3 is 19.3 Å². The van der Waals surface area contributed by atoms with Gasteiger partial charge in [0.25, 0.3) is 0 Å². The third kappa shape index (κ3) is 4.04. The zero-order valence-corrected chi connectivity index (χ0v) is 11.7. The lowest BCUT2D eigenvalue weighted by molar-refractivity contribution is 0.0486. The summed E-state index contributed by atoms with van der Waals surface area (Å²) in [5, 5.41) is 9.77. The standard InChI is InChI=1S/C14H22BNO3/c1-15(17)16-9-14(8-13(16)11-18-2)19-10-12-6-4-3-5-7-12/h3-7,13-14,17H,8-11H2,1-2H3/t13-,14?/m0/s1. The van der Waals surface area contributed by atoms with Crippen molar-refractivity contribution < 1.29 is 14.5 Å². The molecule has 0 spiro atoms. The fourth-order valence-corrected chi connectivity index (χ4v) is 2.62. The molecule has 1 aliphatic rings. The van der Waals surface area contributed by atoms with Gasteiger partial charge in [0.15, 0.2) is 0 Å². The molecular weight excluding hydrogens is 241 g/mol. The monoisotopic (exact) mass is 263 g/mol. The lowest BCUT2D eigenvalue weighted by Crippen LogP contribution is -2.43. The first kappa shape index (κ1) is 14.5. The lowest BCUT2D eigenvalue weighted by Gasteiger charge is -2.23. The number of benzene rings is 1. The van der Waals surface area contributed by atoms with Gasteiger partial charge in [0, 0.05) is 19.7 Å². The molecule has 1 unspecified atom stereocenters. The maximum absolute atomic E-state index is 9.77. The van der Waals surface area contributed by atoms with Crippen molar-refractivity contribution in [3.05, 3.63) is 35.9 Å². The topological polar surface area (TPSA) is 41.9 Å². The molecule has 1 heterocycles. The predicted octanol–water partition coefficient (Wildman–Crippen LogP) is 1.40. The van der Waals surface area contributed by atoms with Crippen LogP contribution < -0.4 is 0 Å². The Bertz CT molecular complexity index is 374. The summed E-state index contributed by atoms with van der Waals surface area (Å²) in [6.45, 7) is 3.82. The molecule has 1 aromatic carbocycles. The van der Waals surface area contributed by atoms with Gasteiger partial charge >= 0.3 is 7.05 Å². The predicted molar refractivity (Wildman–Crippen MR) is 75.8 cm³/mol. The van der Waals surface area contributed by atoms with Gasteiger partial charge in [-0.3, -0.25) is 0 Å². The molecule has 104 valence electrons. The highest BCUT2D eigenvalue weighted by atomic mass is 16.5. The van der Waals surface area contributed by atoms with Crippen LogP contribution in [0.15, 0.2) is 30.3 Å². The van der Waals surface area contributed by atoms with E-state index >= 15 is 0 Å². The van der Waals surface area contributed by atoms with Crippen molar-refractivity contribution >= 4 is 7.05 Å². The van der Waals surface area contributed by atoms with E-state index in [1.165, 1.54) is 5.56 Å². The summed E-state index contributed by atoms with van der Waals surface area (Å²) < 4.78 is 11.1. The van der Waals surface area contributed by atoms with Gasteiger partial charge in [-0.15, -0.1) is 0 Å². The van der Waals surface area contributed by atoms with Crippen molar-refractivity contribution in [1.29, 1.82) is 0 Å². The molecule has 1 saturated heterocycles. The Labute approximate surface area is 115 Å². The van der Waals surface area contributed by atoms with E-state index in [0.717, 1.165) is 13.0 Å². The summed E-state index contributed by atoms with van der Waals surface area (Å²) in [6.07, 6.45) is 1.07. The van der Waals surface area contributed by atoms with E-state index in [9.17, 15) is 5.02 Å². The summed E-state index contributed by atoms with van der Waals surface area (Å²) in [5.41, 5.74) is 1.18. The van der Waals surface area contributed by atoms with E-state index in [0.29, 0.717) is 13.2 Å². The zero-order valence-electron chi connectivity index (χ0n) is 11.7. The number of rotatable bonds is 6. The molecule has 2 atom stereocenters. The van der Waals surface area contributed by atoms with Crippen molar-refractivity contribution in [1.82, 2.24) is 4.81 Å². The summed E-state index contributed by atoms with van der Waals surface area (Å²) in [4.78, 5) is 2.04. The van der Waals surface area contributed by atoms with Crippen LogP contribution in [0, 0.1) is 0 Å². The van der Waals surface area contributed by atoms with Crippen LogP contribution in [0.4, 0.5) is 0 Å². The molecule has 0 amide bonds. The van der Waals surface area contributed by atoms with Gasteiger partial charge in [-0.2, -0.15) is 0 Å². The summed E-state index contributed by atoms with van der Waals surface area (Å²) in [7, 11) is 1.24. The van der Waals surface area contributed by atoms with Gasteiger partial charge in [-0.25, -0.2) is 0 Å². The van der Waals surface area contributed by atoms with Gasteiger partial charge in [0.2, 0.25) is 0 Å². The molecule has 1 fully saturated rings. The highest BCUT2D eigenvalue weighted by molar-refractivity contribution is 6.45. The van der Waals surface area contributed by atoms with E-state index < -0.39 is 7.05 Å². The number of methoxy groups -OCH3 is 1. The van der Waals surface area contributed by atoms with Crippen LogP contribution in [0.2, 0.25) is 6.82 Å². The van der Waals surface area contributed by atoms with E-state index in [-0.39, 0.29) is 12.1 Å². The molecular formula is C14H22BNO3. The van der Waals surface area contributed by atoms with Gasteiger partial charge in [0.05, 0.1) is 19.3 Å². The number of hydrogen-bond acceptors (Lipinski definition) is 4. The number of ether oxygens (including phenoxy) is 2. The van der Waals surface area contributed by atoms with Crippen molar-refractivity contribution in [2.45, 2.75) is 32.0 Å². The first-order valence-electron chi connectivity index (χ1n) is 6.79. The molecule has 5 heteroatoms. The van der Waals surface area contributed by atoms with E-state index in [1.54, 1.807) is 13.9 Å². The SMILES string of the molecule is COC[C@@H]1CC(OCc2ccccc2)CN1B(C)O. The quantitative estimate of drug-likeness (QED) is 0.788. The third-order valence-electron chi connectivity index (χ3n) is 3.59. The normalized spacial score (nSPS) is 23.7. The Balaban J connectivity index is 1.85. The Morgan fingerprint density at radius 2 is 2.11 bits per heavy atom. The molecule has 1 N–H and O–H groups in total. The van der Waals surface area contributed by atoms with Crippen LogP contribution in [-0.2, 0) is 16.1 Å². The van der Waals surface area contributed by atoms with Crippen LogP contribution in [-0.4, -0.2) is 49.3 Å². The second kappa shape index (κ2) is 7.05. The average molecular weight is 263 g/mol. The Kier molecular flexibility index (Phi) is 5.40. The van der Waals surface area contributed by atoms with E-state index in [2.05, 4.69) is 12.1 Å².